The molecule has 0 saturated carbocycles. The average Bonchev–Trinajstić information content (AvgIpc) is 2.93. The Kier molecular flexibility index (Phi) is 6.11. The van der Waals surface area contributed by atoms with E-state index in [1.807, 2.05) is 0 Å². The average molecular weight is 456 g/mol. The number of hydrogen-bond donors (Lipinski definition) is 2. The first-order chi connectivity index (χ1) is 13.7. The van der Waals surface area contributed by atoms with Crippen molar-refractivity contribution in [3.63, 3.8) is 0 Å². The molecule has 0 saturated heterocycles. The predicted octanol–water partition coefficient (Wildman–Crippen LogP) is 2.60. The molecule has 0 fully saturated rings. The van der Waals surface area contributed by atoms with Gasteiger partial charge in [0.05, 0.1) is 20.6 Å². The summed E-state index contributed by atoms with van der Waals surface area (Å²) < 4.78 is 31.4. The molecule has 1 aliphatic heterocycles. The van der Waals surface area contributed by atoms with Crippen LogP contribution in [-0.4, -0.2) is 38.8 Å². The quantitative estimate of drug-likeness (QED) is 0.672. The maximum Gasteiger partial charge on any atom is 0.331 e. The number of carbonyl (C=O) groups is 2. The number of rotatable bonds is 5. The minimum absolute atomic E-state index is 0.0392. The van der Waals surface area contributed by atoms with Gasteiger partial charge in [0.25, 0.3) is 15.9 Å². The van der Waals surface area contributed by atoms with Crippen molar-refractivity contribution in [3.8, 4) is 0 Å². The molecule has 11 heteroatoms. The lowest BCUT2D eigenvalue weighted by Crippen LogP contribution is -2.28. The van der Waals surface area contributed by atoms with Crippen LogP contribution >= 0.6 is 23.2 Å². The van der Waals surface area contributed by atoms with E-state index >= 15 is 0 Å². The third kappa shape index (κ3) is 4.69. The number of nitrogens with one attached hydrogen (secondary N) is 2. The highest BCUT2D eigenvalue weighted by Crippen LogP contribution is 2.29. The van der Waals surface area contributed by atoms with E-state index in [2.05, 4.69) is 15.0 Å². The smallest absolute Gasteiger partial charge is 0.331 e. The van der Waals surface area contributed by atoms with Crippen molar-refractivity contribution in [2.24, 2.45) is 4.99 Å². The van der Waals surface area contributed by atoms with Crippen LogP contribution in [0.5, 0.6) is 0 Å². The number of amides is 1. The number of benzene rings is 2. The lowest BCUT2D eigenvalue weighted by molar-refractivity contribution is -0.148. The van der Waals surface area contributed by atoms with E-state index in [0.29, 0.717) is 5.56 Å². The molecule has 3 rings (SSSR count). The number of esters is 1. The highest BCUT2D eigenvalue weighted by Gasteiger charge is 2.31. The van der Waals surface area contributed by atoms with Crippen LogP contribution in [0.4, 0.5) is 5.69 Å². The molecule has 0 radical (unpaired) electrons. The molecule has 2 aromatic carbocycles. The third-order valence-corrected chi connectivity index (χ3v) is 5.93. The molecule has 152 valence electrons. The number of nitrogens with zero attached hydrogens (tertiary/aromatic N) is 1. The number of fused-ring (bicyclic) bond motifs is 1. The van der Waals surface area contributed by atoms with Gasteiger partial charge in [-0.05, 0) is 31.2 Å². The second kappa shape index (κ2) is 8.40. The van der Waals surface area contributed by atoms with Crippen LogP contribution < -0.4 is 10.0 Å². The van der Waals surface area contributed by atoms with Crippen LogP contribution in [0, 0.1) is 0 Å². The van der Waals surface area contributed by atoms with Crippen LogP contribution in [0.1, 0.15) is 12.5 Å². The zero-order valence-electron chi connectivity index (χ0n) is 15.0. The highest BCUT2D eigenvalue weighted by molar-refractivity contribution is 7.90. The van der Waals surface area contributed by atoms with Crippen molar-refractivity contribution < 1.29 is 22.7 Å². The molecule has 1 atom stereocenters. The van der Waals surface area contributed by atoms with Gasteiger partial charge in [0.15, 0.2) is 6.61 Å². The molecule has 1 heterocycles. The summed E-state index contributed by atoms with van der Waals surface area (Å²) in [5.41, 5.74) is 0.570. The van der Waals surface area contributed by atoms with Crippen LogP contribution in [0.3, 0.4) is 0 Å². The van der Waals surface area contributed by atoms with Gasteiger partial charge in [-0.1, -0.05) is 41.4 Å². The summed E-state index contributed by atoms with van der Waals surface area (Å²) in [6, 6.07) is 9.93. The van der Waals surface area contributed by atoms with Crippen LogP contribution in [0.15, 0.2) is 52.4 Å². The Morgan fingerprint density at radius 1 is 1.14 bits per heavy atom. The number of para-hydroxylation sites is 1. The van der Waals surface area contributed by atoms with E-state index in [1.165, 1.54) is 13.0 Å². The van der Waals surface area contributed by atoms with Crippen molar-refractivity contribution in [3.05, 3.63) is 58.1 Å². The fourth-order valence-corrected chi connectivity index (χ4v) is 4.26. The summed E-state index contributed by atoms with van der Waals surface area (Å²) in [6.45, 7) is 0.839. The van der Waals surface area contributed by atoms with Gasteiger partial charge in [-0.15, -0.1) is 0 Å². The Bertz CT molecular complexity index is 1100. The molecular formula is C18H15Cl2N3O5S. The monoisotopic (exact) mass is 455 g/mol. The molecule has 29 heavy (non-hydrogen) atoms. The molecule has 2 N–H and O–H groups in total. The maximum atomic E-state index is 12.2. The van der Waals surface area contributed by atoms with Gasteiger partial charge in [-0.2, -0.15) is 0 Å². The SMILES string of the molecule is C[C@@H](N=C1NS(=O)(=O)c2ccccc21)C(=O)OCC(=O)Nc1c(Cl)cccc1Cl. The fourth-order valence-electron chi connectivity index (χ4n) is 2.53. The summed E-state index contributed by atoms with van der Waals surface area (Å²) in [5.74, 6) is -1.40. The highest BCUT2D eigenvalue weighted by atomic mass is 35.5. The Labute approximate surface area is 176 Å². The van der Waals surface area contributed by atoms with E-state index in [0.717, 1.165) is 0 Å². The molecule has 0 spiro atoms. The number of amidine groups is 1. The molecule has 8 nitrogen and oxygen atoms in total. The first kappa shape index (κ1) is 21.1. The van der Waals surface area contributed by atoms with E-state index in [9.17, 15) is 18.0 Å². The lowest BCUT2D eigenvalue weighted by atomic mass is 10.2. The Morgan fingerprint density at radius 3 is 2.48 bits per heavy atom. The topological polar surface area (TPSA) is 114 Å². The molecule has 0 unspecified atom stereocenters. The molecule has 1 amide bonds. The summed E-state index contributed by atoms with van der Waals surface area (Å²) in [7, 11) is -3.72. The largest absolute Gasteiger partial charge is 0.454 e. The standard InChI is InChI=1S/C18H15Cl2N3O5S/c1-10(21-17-11-5-2-3-8-14(11)29(26,27)23-17)18(25)28-9-15(24)22-16-12(19)6-4-7-13(16)20/h2-8,10H,9H2,1H3,(H,21,23)(H,22,24)/t10-/m1/s1. The van der Waals surface area contributed by atoms with Gasteiger partial charge in [-0.25, -0.2) is 13.2 Å². The number of aliphatic imine (C=N–C) groups is 1. The van der Waals surface area contributed by atoms with Gasteiger partial charge in [0, 0.05) is 5.56 Å². The fraction of sp³-hybridized carbons (Fsp3) is 0.167. The minimum Gasteiger partial charge on any atom is -0.454 e. The second-order valence-corrected chi connectivity index (χ2v) is 8.47. The third-order valence-electron chi connectivity index (χ3n) is 3.90. The second-order valence-electron chi connectivity index (χ2n) is 6.01. The first-order valence-corrected chi connectivity index (χ1v) is 10.5. The summed E-state index contributed by atoms with van der Waals surface area (Å²) >= 11 is 11.9. The number of hydrogen-bond acceptors (Lipinski definition) is 6. The van der Waals surface area contributed by atoms with Gasteiger partial charge >= 0.3 is 5.97 Å². The first-order valence-electron chi connectivity index (χ1n) is 8.29. The Morgan fingerprint density at radius 2 is 1.79 bits per heavy atom. The van der Waals surface area contributed by atoms with Crippen molar-refractivity contribution in [1.29, 1.82) is 0 Å². The summed E-state index contributed by atoms with van der Waals surface area (Å²) in [4.78, 5) is 28.3. The van der Waals surface area contributed by atoms with Crippen molar-refractivity contribution in [2.45, 2.75) is 17.9 Å². The summed E-state index contributed by atoms with van der Waals surface area (Å²) in [5, 5.41) is 2.94. The van der Waals surface area contributed by atoms with Crippen LogP contribution in [0.2, 0.25) is 10.0 Å². The molecular weight excluding hydrogens is 441 g/mol. The van der Waals surface area contributed by atoms with E-state index in [1.54, 1.807) is 36.4 Å². The minimum atomic E-state index is -3.72. The van der Waals surface area contributed by atoms with Crippen LogP contribution in [0.25, 0.3) is 0 Å². The zero-order chi connectivity index (χ0) is 21.2. The van der Waals surface area contributed by atoms with Crippen molar-refractivity contribution >= 4 is 56.6 Å². The molecule has 1 aliphatic rings. The van der Waals surface area contributed by atoms with E-state index < -0.39 is 34.5 Å². The number of sulfonamides is 1. The molecule has 0 aliphatic carbocycles. The number of carbonyl (C=O) groups excluding carboxylic acids is 2. The zero-order valence-corrected chi connectivity index (χ0v) is 17.3. The number of halogens is 2. The lowest BCUT2D eigenvalue weighted by Gasteiger charge is -2.11. The van der Waals surface area contributed by atoms with Gasteiger partial charge in [0.2, 0.25) is 0 Å². The maximum absolute atomic E-state index is 12.2. The van der Waals surface area contributed by atoms with Gasteiger partial charge in [-0.3, -0.25) is 14.5 Å². The van der Waals surface area contributed by atoms with E-state index in [-0.39, 0.29) is 26.5 Å². The normalized spacial score (nSPS) is 16.6. The van der Waals surface area contributed by atoms with Crippen LogP contribution in [-0.2, 0) is 24.3 Å². The molecule has 2 aromatic rings. The molecule has 0 aromatic heterocycles. The number of ether oxygens (including phenoxy) is 1. The predicted molar refractivity (Wildman–Crippen MR) is 109 cm³/mol. The molecule has 0 bridgehead atoms. The summed E-state index contributed by atoms with van der Waals surface area (Å²) in [6.07, 6.45) is 0. The van der Waals surface area contributed by atoms with E-state index in [4.69, 9.17) is 27.9 Å². The van der Waals surface area contributed by atoms with Crippen molar-refractivity contribution in [2.75, 3.05) is 11.9 Å². The number of anilines is 1. The Balaban J connectivity index is 1.63. The van der Waals surface area contributed by atoms with Crippen molar-refractivity contribution in [1.82, 2.24) is 4.72 Å². The van der Waals surface area contributed by atoms with Gasteiger partial charge < -0.3 is 10.1 Å². The Hall–Kier alpha value is -2.62. The van der Waals surface area contributed by atoms with Gasteiger partial charge in [0.1, 0.15) is 11.9 Å².